The molecule has 1 fully saturated rings. The van der Waals surface area contributed by atoms with Crippen LogP contribution in [0.3, 0.4) is 0 Å². The van der Waals surface area contributed by atoms with Gasteiger partial charge in [-0.05, 0) is 48.3 Å². The number of rotatable bonds is 3. The van der Waals surface area contributed by atoms with Crippen molar-refractivity contribution in [1.29, 1.82) is 0 Å². The Morgan fingerprint density at radius 1 is 1.44 bits per heavy atom. The average molecular weight is 331 g/mol. The van der Waals surface area contributed by atoms with Crippen molar-refractivity contribution in [2.45, 2.75) is 40.0 Å². The van der Waals surface area contributed by atoms with Crippen molar-refractivity contribution in [3.8, 4) is 0 Å². The lowest BCUT2D eigenvalue weighted by Crippen LogP contribution is -2.08. The van der Waals surface area contributed by atoms with Gasteiger partial charge in [-0.2, -0.15) is 0 Å². The molecule has 4 heteroatoms. The first-order chi connectivity index (χ1) is 7.45. The maximum absolute atomic E-state index is 4.65. The molecule has 1 atom stereocenters. The Morgan fingerprint density at radius 3 is 2.56 bits per heavy atom. The number of aromatic nitrogens is 2. The summed E-state index contributed by atoms with van der Waals surface area (Å²) < 4.78 is 1.14. The van der Waals surface area contributed by atoms with E-state index in [0.29, 0.717) is 11.3 Å². The monoisotopic (exact) mass is 331 g/mol. The summed E-state index contributed by atoms with van der Waals surface area (Å²) >= 11 is 2.31. The summed E-state index contributed by atoms with van der Waals surface area (Å²) in [6.07, 6.45) is 1.21. The van der Waals surface area contributed by atoms with Crippen LogP contribution in [0.15, 0.2) is 0 Å². The van der Waals surface area contributed by atoms with E-state index in [1.54, 1.807) is 0 Å². The van der Waals surface area contributed by atoms with Crippen molar-refractivity contribution < 1.29 is 0 Å². The molecular formula is C12H18IN3. The highest BCUT2D eigenvalue weighted by Gasteiger charge is 2.48. The Bertz CT molecular complexity index is 415. The van der Waals surface area contributed by atoms with Gasteiger partial charge in [-0.3, -0.25) is 0 Å². The quantitative estimate of drug-likeness (QED) is 0.864. The van der Waals surface area contributed by atoms with Gasteiger partial charge in [0.25, 0.3) is 0 Å². The minimum atomic E-state index is 0.392. The van der Waals surface area contributed by atoms with E-state index < -0.39 is 0 Å². The van der Waals surface area contributed by atoms with Crippen molar-refractivity contribution >= 4 is 28.4 Å². The van der Waals surface area contributed by atoms with Gasteiger partial charge in [-0.15, -0.1) is 0 Å². The summed E-state index contributed by atoms with van der Waals surface area (Å²) in [6, 6.07) is 0. The van der Waals surface area contributed by atoms with Gasteiger partial charge in [0.2, 0.25) is 0 Å². The number of aryl methyl sites for hydroxylation is 1. The molecule has 88 valence electrons. The largest absolute Gasteiger partial charge is 0.369 e. The fourth-order valence-corrected chi connectivity index (χ4v) is 2.36. The van der Waals surface area contributed by atoms with Crippen LogP contribution in [0.4, 0.5) is 5.82 Å². The number of nitrogens with zero attached hydrogens (tertiary/aromatic N) is 2. The predicted octanol–water partition coefficient (Wildman–Crippen LogP) is 3.33. The molecule has 1 aromatic rings. The van der Waals surface area contributed by atoms with Crippen molar-refractivity contribution in [3.05, 3.63) is 15.1 Å². The molecule has 1 aromatic heterocycles. The summed E-state index contributed by atoms with van der Waals surface area (Å²) in [6.45, 7) is 9.61. The highest BCUT2D eigenvalue weighted by atomic mass is 127. The van der Waals surface area contributed by atoms with Gasteiger partial charge in [0.05, 0.1) is 9.26 Å². The molecule has 1 aliphatic carbocycles. The summed E-state index contributed by atoms with van der Waals surface area (Å²) in [5, 5.41) is 3.31. The molecule has 0 spiro atoms. The van der Waals surface area contributed by atoms with Crippen LogP contribution in [0, 0.1) is 15.9 Å². The van der Waals surface area contributed by atoms with E-state index in [4.69, 9.17) is 0 Å². The Kier molecular flexibility index (Phi) is 3.11. The van der Waals surface area contributed by atoms with E-state index in [-0.39, 0.29) is 0 Å². The predicted molar refractivity (Wildman–Crippen MR) is 74.8 cm³/mol. The minimum Gasteiger partial charge on any atom is -0.369 e. The van der Waals surface area contributed by atoms with Crippen molar-refractivity contribution in [3.63, 3.8) is 0 Å². The van der Waals surface area contributed by atoms with Gasteiger partial charge in [0.15, 0.2) is 0 Å². The first kappa shape index (κ1) is 12.1. The molecule has 0 bridgehead atoms. The second kappa shape index (κ2) is 4.13. The SMILES string of the molecule is CCNc1nc(C2CC2(C)C)nc(C)c1I. The number of nitrogens with one attached hydrogen (secondary N) is 1. The molecule has 2 rings (SSSR count). The Labute approximate surface area is 111 Å². The molecule has 0 saturated heterocycles. The molecule has 1 N–H and O–H groups in total. The molecule has 3 nitrogen and oxygen atoms in total. The topological polar surface area (TPSA) is 37.8 Å². The highest BCUT2D eigenvalue weighted by Crippen LogP contribution is 2.57. The second-order valence-corrected chi connectivity index (χ2v) is 6.18. The molecule has 1 saturated carbocycles. The van der Waals surface area contributed by atoms with Crippen molar-refractivity contribution in [1.82, 2.24) is 9.97 Å². The van der Waals surface area contributed by atoms with E-state index in [1.807, 2.05) is 0 Å². The van der Waals surface area contributed by atoms with Crippen molar-refractivity contribution in [2.75, 3.05) is 11.9 Å². The fraction of sp³-hybridized carbons (Fsp3) is 0.667. The molecule has 0 radical (unpaired) electrons. The van der Waals surface area contributed by atoms with Gasteiger partial charge in [0.1, 0.15) is 11.6 Å². The van der Waals surface area contributed by atoms with E-state index >= 15 is 0 Å². The third kappa shape index (κ3) is 2.17. The Balaban J connectivity index is 2.34. The molecular weight excluding hydrogens is 313 g/mol. The summed E-state index contributed by atoms with van der Waals surface area (Å²) in [5.41, 5.74) is 1.48. The van der Waals surface area contributed by atoms with Gasteiger partial charge < -0.3 is 5.32 Å². The van der Waals surface area contributed by atoms with E-state index in [0.717, 1.165) is 27.5 Å². The van der Waals surface area contributed by atoms with Crippen LogP contribution in [-0.2, 0) is 0 Å². The Hall–Kier alpha value is -0.390. The maximum Gasteiger partial charge on any atom is 0.143 e. The summed E-state index contributed by atoms with van der Waals surface area (Å²) in [4.78, 5) is 9.27. The lowest BCUT2D eigenvalue weighted by atomic mass is 10.1. The zero-order valence-corrected chi connectivity index (χ0v) is 12.4. The average Bonchev–Trinajstić information content (AvgIpc) is 2.83. The smallest absolute Gasteiger partial charge is 0.143 e. The molecule has 16 heavy (non-hydrogen) atoms. The Morgan fingerprint density at radius 2 is 2.06 bits per heavy atom. The molecule has 0 aromatic carbocycles. The van der Waals surface area contributed by atoms with Crippen LogP contribution in [0.5, 0.6) is 0 Å². The normalized spacial score (nSPS) is 21.9. The lowest BCUT2D eigenvalue weighted by Gasteiger charge is -2.10. The van der Waals surface area contributed by atoms with Crippen LogP contribution in [0.1, 0.15) is 44.6 Å². The number of hydrogen-bond acceptors (Lipinski definition) is 3. The van der Waals surface area contributed by atoms with Crippen LogP contribution >= 0.6 is 22.6 Å². The van der Waals surface area contributed by atoms with Crippen LogP contribution in [0.2, 0.25) is 0 Å². The molecule has 1 unspecified atom stereocenters. The van der Waals surface area contributed by atoms with Crippen molar-refractivity contribution in [2.24, 2.45) is 5.41 Å². The summed E-state index contributed by atoms with van der Waals surface area (Å²) in [7, 11) is 0. The second-order valence-electron chi connectivity index (χ2n) is 5.11. The first-order valence-electron chi connectivity index (χ1n) is 5.73. The van der Waals surface area contributed by atoms with E-state index in [2.05, 4.69) is 65.6 Å². The van der Waals surface area contributed by atoms with Gasteiger partial charge >= 0.3 is 0 Å². The minimum absolute atomic E-state index is 0.392. The third-order valence-electron chi connectivity index (χ3n) is 3.20. The molecule has 0 amide bonds. The standard InChI is InChI=1S/C12H18IN3/c1-5-14-11-9(13)7(2)15-10(16-11)8-6-12(8,3)4/h8H,5-6H2,1-4H3,(H,14,15,16). The molecule has 1 aliphatic rings. The number of hydrogen-bond donors (Lipinski definition) is 1. The van der Waals surface area contributed by atoms with Gasteiger partial charge in [-0.1, -0.05) is 13.8 Å². The van der Waals surface area contributed by atoms with Crippen LogP contribution in [0.25, 0.3) is 0 Å². The van der Waals surface area contributed by atoms with Crippen LogP contribution < -0.4 is 5.32 Å². The van der Waals surface area contributed by atoms with E-state index in [9.17, 15) is 0 Å². The first-order valence-corrected chi connectivity index (χ1v) is 6.81. The fourth-order valence-electron chi connectivity index (χ4n) is 1.93. The number of anilines is 1. The van der Waals surface area contributed by atoms with Gasteiger partial charge in [0, 0.05) is 12.5 Å². The molecule has 1 heterocycles. The lowest BCUT2D eigenvalue weighted by molar-refractivity contribution is 0.607. The summed E-state index contributed by atoms with van der Waals surface area (Å²) in [5.74, 6) is 2.55. The third-order valence-corrected chi connectivity index (χ3v) is 4.49. The zero-order chi connectivity index (χ0) is 11.9. The van der Waals surface area contributed by atoms with Gasteiger partial charge in [-0.25, -0.2) is 9.97 Å². The highest BCUT2D eigenvalue weighted by molar-refractivity contribution is 14.1. The van der Waals surface area contributed by atoms with Crippen LogP contribution in [-0.4, -0.2) is 16.5 Å². The van der Waals surface area contributed by atoms with E-state index in [1.165, 1.54) is 6.42 Å². The number of halogens is 1. The zero-order valence-electron chi connectivity index (χ0n) is 10.3. The molecule has 0 aliphatic heterocycles. The maximum atomic E-state index is 4.65.